The predicted octanol–water partition coefficient (Wildman–Crippen LogP) is 6.28. The fourth-order valence-corrected chi connectivity index (χ4v) is 5.87. The third-order valence-corrected chi connectivity index (χ3v) is 8.71. The van der Waals surface area contributed by atoms with Crippen LogP contribution in [0.4, 0.5) is 5.69 Å². The van der Waals surface area contributed by atoms with E-state index >= 15 is 0 Å². The van der Waals surface area contributed by atoms with Gasteiger partial charge >= 0.3 is 0 Å². The first kappa shape index (κ1) is 24.0. The van der Waals surface area contributed by atoms with Crippen LogP contribution in [0.5, 0.6) is 0 Å². The smallest absolute Gasteiger partial charge is 0.240 e. The van der Waals surface area contributed by atoms with E-state index < -0.39 is 10.0 Å². The summed E-state index contributed by atoms with van der Waals surface area (Å²) in [5, 5.41) is 5.34. The molecule has 4 rings (SSSR count). The number of fused-ring (bicyclic) bond motifs is 1. The van der Waals surface area contributed by atoms with Crippen LogP contribution in [0.3, 0.4) is 0 Å². The zero-order chi connectivity index (χ0) is 23.6. The number of rotatable bonds is 7. The number of nitrogens with one attached hydrogen (secondary N) is 2. The van der Waals surface area contributed by atoms with E-state index in [1.165, 1.54) is 0 Å². The van der Waals surface area contributed by atoms with Gasteiger partial charge in [-0.05, 0) is 79.5 Å². The summed E-state index contributed by atoms with van der Waals surface area (Å²) >= 11 is 6.09. The lowest BCUT2D eigenvalue weighted by Gasteiger charge is -2.30. The fraction of sp³-hybridized carbons (Fsp3) is 0.423. The van der Waals surface area contributed by atoms with Gasteiger partial charge in [-0.1, -0.05) is 44.5 Å². The fourth-order valence-electron chi connectivity index (χ4n) is 4.40. The summed E-state index contributed by atoms with van der Waals surface area (Å²) in [5.74, 6) is 0. The van der Waals surface area contributed by atoms with Crippen molar-refractivity contribution < 1.29 is 8.42 Å². The maximum atomic E-state index is 12.9. The molecule has 1 saturated carbocycles. The molecule has 3 aromatic rings. The molecule has 0 bridgehead atoms. The lowest BCUT2D eigenvalue weighted by atomic mass is 9.82. The minimum Gasteiger partial charge on any atom is -0.382 e. The number of anilines is 1. The number of pyridine rings is 1. The van der Waals surface area contributed by atoms with Crippen LogP contribution in [0.15, 0.2) is 59.6 Å². The summed E-state index contributed by atoms with van der Waals surface area (Å²) in [6.45, 7) is 6.49. The Morgan fingerprint density at radius 3 is 2.33 bits per heavy atom. The maximum absolute atomic E-state index is 12.9. The molecule has 0 saturated heterocycles. The second-order valence-electron chi connectivity index (χ2n) is 9.60. The monoisotopic (exact) mass is 485 g/mol. The number of nitrogens with zero attached hydrogens (tertiary/aromatic N) is 1. The molecule has 1 aliphatic carbocycles. The van der Waals surface area contributed by atoms with Gasteiger partial charge in [0.15, 0.2) is 0 Å². The van der Waals surface area contributed by atoms with Crippen molar-refractivity contribution >= 4 is 38.2 Å². The summed E-state index contributed by atoms with van der Waals surface area (Å²) in [4.78, 5) is 4.73. The first-order valence-electron chi connectivity index (χ1n) is 11.6. The molecule has 1 aromatic heterocycles. The molecule has 1 heterocycles. The summed E-state index contributed by atoms with van der Waals surface area (Å²) in [5.41, 5.74) is 3.09. The van der Waals surface area contributed by atoms with E-state index in [0.29, 0.717) is 16.0 Å². The van der Waals surface area contributed by atoms with E-state index in [1.54, 1.807) is 18.3 Å². The van der Waals surface area contributed by atoms with Gasteiger partial charge in [0, 0.05) is 34.4 Å². The van der Waals surface area contributed by atoms with Crippen LogP contribution in [0.25, 0.3) is 10.9 Å². The van der Waals surface area contributed by atoms with Gasteiger partial charge in [0.1, 0.15) is 0 Å². The van der Waals surface area contributed by atoms with Crippen molar-refractivity contribution in [3.8, 4) is 0 Å². The Morgan fingerprint density at radius 2 is 1.67 bits per heavy atom. The molecular weight excluding hydrogens is 454 g/mol. The molecular formula is C26H32ClN3O2S. The second-order valence-corrected chi connectivity index (χ2v) is 11.7. The van der Waals surface area contributed by atoms with Crippen molar-refractivity contribution in [1.82, 2.24) is 9.71 Å². The Kier molecular flexibility index (Phi) is 6.99. The molecule has 0 aliphatic heterocycles. The standard InChI is InChI=1S/C26H32ClN3O2S/c1-4-26(2,3)18-5-12-22(13-6-18)33(31,32)30-21-10-8-20(9-11-21)29-24-15-16-28-25-17-19(27)7-14-23(24)25/h5-7,12-17,20-21,30H,4,8-11H2,1-3H3,(H,28,29)/t20-,21+. The van der Waals surface area contributed by atoms with Gasteiger partial charge in [-0.3, -0.25) is 4.98 Å². The van der Waals surface area contributed by atoms with Crippen molar-refractivity contribution in [3.05, 3.63) is 65.3 Å². The highest BCUT2D eigenvalue weighted by Gasteiger charge is 2.26. The van der Waals surface area contributed by atoms with E-state index in [1.807, 2.05) is 36.4 Å². The van der Waals surface area contributed by atoms with Crippen molar-refractivity contribution in [2.75, 3.05) is 5.32 Å². The summed E-state index contributed by atoms with van der Waals surface area (Å²) < 4.78 is 28.8. The average Bonchev–Trinajstić information content (AvgIpc) is 2.80. The second kappa shape index (κ2) is 9.61. The molecule has 7 heteroatoms. The Labute approximate surface area is 202 Å². The van der Waals surface area contributed by atoms with Crippen LogP contribution in [-0.4, -0.2) is 25.5 Å². The highest BCUT2D eigenvalue weighted by molar-refractivity contribution is 7.89. The first-order valence-corrected chi connectivity index (χ1v) is 13.5. The maximum Gasteiger partial charge on any atom is 0.240 e. The molecule has 5 nitrogen and oxygen atoms in total. The van der Waals surface area contributed by atoms with Gasteiger partial charge in [0.05, 0.1) is 10.4 Å². The topological polar surface area (TPSA) is 71.1 Å². The summed E-state index contributed by atoms with van der Waals surface area (Å²) in [7, 11) is -3.53. The van der Waals surface area contributed by atoms with Gasteiger partial charge in [0.25, 0.3) is 0 Å². The summed E-state index contributed by atoms with van der Waals surface area (Å²) in [6.07, 6.45) is 6.17. The average molecular weight is 486 g/mol. The highest BCUT2D eigenvalue weighted by Crippen LogP contribution is 2.30. The Hall–Kier alpha value is -2.15. The van der Waals surface area contributed by atoms with E-state index in [0.717, 1.165) is 54.3 Å². The molecule has 2 N–H and O–H groups in total. The number of hydrogen-bond donors (Lipinski definition) is 2. The van der Waals surface area contributed by atoms with Crippen LogP contribution >= 0.6 is 11.6 Å². The van der Waals surface area contributed by atoms with Gasteiger partial charge in [-0.2, -0.15) is 0 Å². The number of sulfonamides is 1. The van der Waals surface area contributed by atoms with Crippen LogP contribution in [-0.2, 0) is 15.4 Å². The van der Waals surface area contributed by atoms with Gasteiger partial charge in [-0.25, -0.2) is 13.1 Å². The van der Waals surface area contributed by atoms with Gasteiger partial charge in [-0.15, -0.1) is 0 Å². The molecule has 176 valence electrons. The molecule has 0 atom stereocenters. The quantitative estimate of drug-likeness (QED) is 0.413. The number of benzene rings is 2. The molecule has 1 fully saturated rings. The SMILES string of the molecule is CCC(C)(C)c1ccc(S(=O)(=O)N[C@H]2CC[C@@H](Nc3ccnc4cc(Cl)ccc34)CC2)cc1. The van der Waals surface area contributed by atoms with Crippen LogP contribution in [0.1, 0.15) is 58.4 Å². The van der Waals surface area contributed by atoms with Crippen molar-refractivity contribution in [1.29, 1.82) is 0 Å². The van der Waals surface area contributed by atoms with E-state index in [9.17, 15) is 8.42 Å². The van der Waals surface area contributed by atoms with Gasteiger partial charge < -0.3 is 5.32 Å². The highest BCUT2D eigenvalue weighted by atomic mass is 35.5. The van der Waals surface area contributed by atoms with E-state index in [-0.39, 0.29) is 11.5 Å². The largest absolute Gasteiger partial charge is 0.382 e. The number of hydrogen-bond acceptors (Lipinski definition) is 4. The van der Waals surface area contributed by atoms with Crippen molar-refractivity contribution in [2.24, 2.45) is 0 Å². The minimum atomic E-state index is -3.53. The normalized spacial score (nSPS) is 19.5. The molecule has 2 aromatic carbocycles. The number of aromatic nitrogens is 1. The first-order chi connectivity index (χ1) is 15.7. The minimum absolute atomic E-state index is 0.0352. The predicted molar refractivity (Wildman–Crippen MR) is 137 cm³/mol. The van der Waals surface area contributed by atoms with Crippen molar-refractivity contribution in [3.63, 3.8) is 0 Å². The third kappa shape index (κ3) is 5.51. The van der Waals surface area contributed by atoms with E-state index in [4.69, 9.17) is 11.6 Å². The summed E-state index contributed by atoms with van der Waals surface area (Å²) in [6, 6.07) is 15.3. The van der Waals surface area contributed by atoms with Gasteiger partial charge in [0.2, 0.25) is 10.0 Å². The lowest BCUT2D eigenvalue weighted by molar-refractivity contribution is 0.387. The van der Waals surface area contributed by atoms with E-state index in [2.05, 4.69) is 35.8 Å². The zero-order valence-corrected chi connectivity index (χ0v) is 21.0. The Balaban J connectivity index is 1.36. The molecule has 0 amide bonds. The molecule has 1 aliphatic rings. The van der Waals surface area contributed by atoms with Crippen LogP contribution in [0, 0.1) is 0 Å². The Morgan fingerprint density at radius 1 is 1.00 bits per heavy atom. The Bertz CT molecular complexity index is 1220. The van der Waals surface area contributed by atoms with Crippen molar-refractivity contribution in [2.45, 2.75) is 75.3 Å². The lowest BCUT2D eigenvalue weighted by Crippen LogP contribution is -2.40. The number of halogens is 1. The van der Waals surface area contributed by atoms with Crippen LogP contribution < -0.4 is 10.0 Å². The molecule has 0 radical (unpaired) electrons. The molecule has 0 spiro atoms. The molecule has 33 heavy (non-hydrogen) atoms. The zero-order valence-electron chi connectivity index (χ0n) is 19.4. The van der Waals surface area contributed by atoms with Crippen LogP contribution in [0.2, 0.25) is 5.02 Å². The third-order valence-electron chi connectivity index (χ3n) is 6.94. The molecule has 0 unspecified atom stereocenters.